The fourth-order valence-electron chi connectivity index (χ4n) is 1.15. The van der Waals surface area contributed by atoms with Gasteiger partial charge in [0.15, 0.2) is 11.6 Å². The first kappa shape index (κ1) is 10.6. The molecular formula is C9H14N2O3. The molecule has 0 atom stereocenters. The third kappa shape index (κ3) is 2.26. The van der Waals surface area contributed by atoms with Gasteiger partial charge in [-0.25, -0.2) is 0 Å². The minimum atomic E-state index is -0.252. The van der Waals surface area contributed by atoms with Crippen LogP contribution in [-0.2, 0) is 0 Å². The van der Waals surface area contributed by atoms with Crippen LogP contribution in [0.5, 0.6) is 0 Å². The molecule has 0 aliphatic heterocycles. The Morgan fingerprint density at radius 3 is 2.79 bits per heavy atom. The number of aliphatic hydroxyl groups is 1. The van der Waals surface area contributed by atoms with E-state index < -0.39 is 0 Å². The van der Waals surface area contributed by atoms with Gasteiger partial charge < -0.3 is 20.2 Å². The molecular weight excluding hydrogens is 184 g/mol. The van der Waals surface area contributed by atoms with Gasteiger partial charge >= 0.3 is 0 Å². The number of carbonyl (C=O) groups excluding carboxylic acids is 1. The fraction of sp³-hybridized carbons (Fsp3) is 0.444. The van der Waals surface area contributed by atoms with Crippen molar-refractivity contribution in [3.63, 3.8) is 0 Å². The van der Waals surface area contributed by atoms with Gasteiger partial charge in [0.1, 0.15) is 0 Å². The highest BCUT2D eigenvalue weighted by Gasteiger charge is 2.16. The number of amides is 1. The molecule has 1 aromatic rings. The lowest BCUT2D eigenvalue weighted by Crippen LogP contribution is -2.33. The van der Waals surface area contributed by atoms with E-state index in [1.54, 1.807) is 0 Å². The highest BCUT2D eigenvalue weighted by Crippen LogP contribution is 2.11. The average molecular weight is 198 g/mol. The molecule has 0 aliphatic rings. The topological polar surface area (TPSA) is 79.7 Å². The molecule has 0 aliphatic carbocycles. The maximum atomic E-state index is 11.6. The molecule has 1 aromatic heterocycles. The van der Waals surface area contributed by atoms with Crippen molar-refractivity contribution >= 4 is 11.8 Å². The number of nitrogen functional groups attached to an aromatic ring is 1. The monoisotopic (exact) mass is 198 g/mol. The summed E-state index contributed by atoms with van der Waals surface area (Å²) in [5, 5.41) is 8.72. The summed E-state index contributed by atoms with van der Waals surface area (Å²) in [5.74, 6) is 0.171. The lowest BCUT2D eigenvalue weighted by Gasteiger charge is -2.17. The van der Waals surface area contributed by atoms with E-state index in [2.05, 4.69) is 0 Å². The fourth-order valence-corrected chi connectivity index (χ4v) is 1.15. The number of rotatable bonds is 4. The molecule has 0 unspecified atom stereocenters. The molecule has 5 nitrogen and oxygen atoms in total. The van der Waals surface area contributed by atoms with Gasteiger partial charge in [-0.1, -0.05) is 0 Å². The van der Waals surface area contributed by atoms with Crippen molar-refractivity contribution in [3.8, 4) is 0 Å². The first-order chi connectivity index (χ1) is 6.69. The normalized spacial score (nSPS) is 10.1. The van der Waals surface area contributed by atoms with Crippen molar-refractivity contribution in [2.75, 3.05) is 25.4 Å². The molecule has 5 heteroatoms. The second-order valence-corrected chi connectivity index (χ2v) is 2.81. The highest BCUT2D eigenvalue weighted by molar-refractivity contribution is 5.91. The Balaban J connectivity index is 2.72. The summed E-state index contributed by atoms with van der Waals surface area (Å²) in [4.78, 5) is 13.1. The van der Waals surface area contributed by atoms with Crippen molar-refractivity contribution in [2.24, 2.45) is 0 Å². The number of nitrogens with zero attached hydrogens (tertiary/aromatic N) is 1. The van der Waals surface area contributed by atoms with E-state index in [0.29, 0.717) is 13.1 Å². The van der Waals surface area contributed by atoms with E-state index in [1.807, 2.05) is 6.92 Å². The van der Waals surface area contributed by atoms with Crippen LogP contribution in [0.25, 0.3) is 0 Å². The average Bonchev–Trinajstić information content (AvgIpc) is 2.60. The van der Waals surface area contributed by atoms with Crippen LogP contribution < -0.4 is 5.73 Å². The summed E-state index contributed by atoms with van der Waals surface area (Å²) in [6.45, 7) is 2.60. The number of aliphatic hydroxyl groups excluding tert-OH is 1. The van der Waals surface area contributed by atoms with Gasteiger partial charge in [-0.05, 0) is 13.0 Å². The van der Waals surface area contributed by atoms with Crippen molar-refractivity contribution in [3.05, 3.63) is 17.9 Å². The zero-order valence-corrected chi connectivity index (χ0v) is 8.06. The molecule has 0 saturated heterocycles. The van der Waals surface area contributed by atoms with Crippen molar-refractivity contribution in [2.45, 2.75) is 6.92 Å². The second kappa shape index (κ2) is 4.66. The Morgan fingerprint density at radius 2 is 2.36 bits per heavy atom. The number of likely N-dealkylation sites (N-methyl/N-ethyl adjacent to an activating group) is 1. The smallest absolute Gasteiger partial charge is 0.289 e. The third-order valence-corrected chi connectivity index (χ3v) is 1.88. The zero-order valence-electron chi connectivity index (χ0n) is 8.06. The van der Waals surface area contributed by atoms with E-state index in [0.717, 1.165) is 0 Å². The molecule has 0 saturated carbocycles. The molecule has 0 spiro atoms. The van der Waals surface area contributed by atoms with Gasteiger partial charge in [0.05, 0.1) is 6.61 Å². The minimum absolute atomic E-state index is 0.0598. The number of hydrogen-bond acceptors (Lipinski definition) is 4. The SMILES string of the molecule is CCN(CCO)C(=O)c1ccc(N)o1. The van der Waals surface area contributed by atoms with Crippen LogP contribution >= 0.6 is 0 Å². The Kier molecular flexibility index (Phi) is 3.53. The molecule has 0 bridgehead atoms. The predicted octanol–water partition coefficient (Wildman–Crippen LogP) is 0.316. The van der Waals surface area contributed by atoms with Crippen LogP contribution in [0, 0.1) is 0 Å². The van der Waals surface area contributed by atoms with Crippen LogP contribution in [-0.4, -0.2) is 35.6 Å². The third-order valence-electron chi connectivity index (χ3n) is 1.88. The minimum Gasteiger partial charge on any atom is -0.436 e. The van der Waals surface area contributed by atoms with Crippen molar-refractivity contribution in [1.82, 2.24) is 4.90 Å². The molecule has 0 fully saturated rings. The van der Waals surface area contributed by atoms with Gasteiger partial charge in [-0.2, -0.15) is 0 Å². The van der Waals surface area contributed by atoms with Crippen LogP contribution in [0.2, 0.25) is 0 Å². The van der Waals surface area contributed by atoms with Gasteiger partial charge in [-0.15, -0.1) is 0 Å². The number of carbonyl (C=O) groups is 1. The van der Waals surface area contributed by atoms with Gasteiger partial charge in [0.2, 0.25) is 0 Å². The lowest BCUT2D eigenvalue weighted by atomic mass is 10.3. The Morgan fingerprint density at radius 1 is 1.64 bits per heavy atom. The van der Waals surface area contributed by atoms with Crippen LogP contribution in [0.15, 0.2) is 16.5 Å². The Hall–Kier alpha value is -1.49. The van der Waals surface area contributed by atoms with E-state index in [-0.39, 0.29) is 24.2 Å². The summed E-state index contributed by atoms with van der Waals surface area (Å²) in [7, 11) is 0. The summed E-state index contributed by atoms with van der Waals surface area (Å²) >= 11 is 0. The molecule has 3 N–H and O–H groups in total. The molecule has 0 radical (unpaired) electrons. The zero-order chi connectivity index (χ0) is 10.6. The van der Waals surface area contributed by atoms with Gasteiger partial charge in [0, 0.05) is 19.2 Å². The largest absolute Gasteiger partial charge is 0.436 e. The molecule has 1 amide bonds. The van der Waals surface area contributed by atoms with E-state index in [4.69, 9.17) is 15.3 Å². The first-order valence-electron chi connectivity index (χ1n) is 4.44. The predicted molar refractivity (Wildman–Crippen MR) is 51.8 cm³/mol. The van der Waals surface area contributed by atoms with Crippen LogP contribution in [0.4, 0.5) is 5.88 Å². The van der Waals surface area contributed by atoms with E-state index in [1.165, 1.54) is 17.0 Å². The van der Waals surface area contributed by atoms with Crippen LogP contribution in [0.1, 0.15) is 17.5 Å². The number of hydrogen-bond donors (Lipinski definition) is 2. The maximum absolute atomic E-state index is 11.6. The molecule has 1 heterocycles. The summed E-state index contributed by atoms with van der Waals surface area (Å²) in [6, 6.07) is 3.05. The van der Waals surface area contributed by atoms with Gasteiger partial charge in [0.25, 0.3) is 5.91 Å². The van der Waals surface area contributed by atoms with Crippen molar-refractivity contribution < 1.29 is 14.3 Å². The van der Waals surface area contributed by atoms with Crippen LogP contribution in [0.3, 0.4) is 0 Å². The standard InChI is InChI=1S/C9H14N2O3/c1-2-11(5-6-12)9(13)7-3-4-8(10)14-7/h3-4,12H,2,5-6,10H2,1H3. The number of furan rings is 1. The van der Waals surface area contributed by atoms with Crippen molar-refractivity contribution in [1.29, 1.82) is 0 Å². The lowest BCUT2D eigenvalue weighted by molar-refractivity contribution is 0.0701. The van der Waals surface area contributed by atoms with Gasteiger partial charge in [-0.3, -0.25) is 4.79 Å². The summed E-state index contributed by atoms with van der Waals surface area (Å²) < 4.78 is 4.98. The summed E-state index contributed by atoms with van der Waals surface area (Å²) in [5.41, 5.74) is 5.35. The molecule has 0 aromatic carbocycles. The Bertz CT molecular complexity index is 309. The molecule has 78 valence electrons. The Labute approximate surface area is 82.1 Å². The van der Waals surface area contributed by atoms with E-state index >= 15 is 0 Å². The number of nitrogens with two attached hydrogens (primary N) is 1. The molecule has 14 heavy (non-hydrogen) atoms. The summed E-state index contributed by atoms with van der Waals surface area (Å²) in [6.07, 6.45) is 0. The first-order valence-corrected chi connectivity index (χ1v) is 4.44. The number of anilines is 1. The second-order valence-electron chi connectivity index (χ2n) is 2.81. The quantitative estimate of drug-likeness (QED) is 0.730. The highest BCUT2D eigenvalue weighted by atomic mass is 16.4. The maximum Gasteiger partial charge on any atom is 0.289 e. The molecule has 1 rings (SSSR count). The van der Waals surface area contributed by atoms with E-state index in [9.17, 15) is 4.79 Å².